The molecular formula is C21H14BrF2N3O3. The molecule has 1 N–H and O–H groups in total. The average Bonchev–Trinajstić information content (AvgIpc) is 2.74. The summed E-state index contributed by atoms with van der Waals surface area (Å²) in [6, 6.07) is 8.92. The molecule has 0 spiro atoms. The van der Waals surface area contributed by atoms with Crippen molar-refractivity contribution in [3.8, 4) is 6.07 Å². The van der Waals surface area contributed by atoms with Gasteiger partial charge in [0.2, 0.25) is 0 Å². The van der Waals surface area contributed by atoms with Crippen molar-refractivity contribution < 1.29 is 23.1 Å². The van der Waals surface area contributed by atoms with E-state index < -0.39 is 35.1 Å². The number of fused-ring (bicyclic) bond motifs is 1. The maximum Gasteiger partial charge on any atom is 0.328 e. The van der Waals surface area contributed by atoms with Crippen molar-refractivity contribution >= 4 is 38.7 Å². The molecular weight excluding hydrogens is 460 g/mol. The van der Waals surface area contributed by atoms with Gasteiger partial charge in [-0.05, 0) is 45.8 Å². The molecule has 0 aliphatic carbocycles. The SMILES string of the molecule is COC(=O)[C@H](Cc1ccc(Br)c2ncccc12)NC(=O)c1c(F)cc(C#N)cc1F. The highest BCUT2D eigenvalue weighted by molar-refractivity contribution is 9.10. The standard InChI is InChI=1S/C21H14BrF2N3O3/c1-30-21(29)17(9-12-4-5-14(22)19-13(12)3-2-6-26-19)27-20(28)18-15(23)7-11(10-25)8-16(18)24/h2-8,17H,9H2,1H3,(H,27,28)/t17-/m0/s1. The Bertz CT molecular complexity index is 1170. The Kier molecular flexibility index (Phi) is 6.37. The van der Waals surface area contributed by atoms with Crippen LogP contribution in [0.5, 0.6) is 0 Å². The number of carbonyl (C=O) groups is 2. The van der Waals surface area contributed by atoms with Crippen LogP contribution in [0.3, 0.4) is 0 Å². The summed E-state index contributed by atoms with van der Waals surface area (Å²) < 4.78 is 33.9. The molecule has 0 fully saturated rings. The number of esters is 1. The zero-order valence-electron chi connectivity index (χ0n) is 15.6. The van der Waals surface area contributed by atoms with Gasteiger partial charge in [-0.3, -0.25) is 9.78 Å². The lowest BCUT2D eigenvalue weighted by Gasteiger charge is -2.18. The average molecular weight is 474 g/mol. The molecule has 152 valence electrons. The number of methoxy groups -OCH3 is 1. The fourth-order valence-electron chi connectivity index (χ4n) is 3.02. The Balaban J connectivity index is 1.94. The molecule has 0 saturated carbocycles. The van der Waals surface area contributed by atoms with Crippen molar-refractivity contribution in [3.63, 3.8) is 0 Å². The number of carbonyl (C=O) groups excluding carboxylic acids is 2. The van der Waals surface area contributed by atoms with E-state index in [1.54, 1.807) is 36.5 Å². The highest BCUT2D eigenvalue weighted by Gasteiger charge is 2.27. The third-order valence-corrected chi connectivity index (χ3v) is 5.06. The number of benzene rings is 2. The number of aromatic nitrogens is 1. The normalized spacial score (nSPS) is 11.6. The molecule has 0 aliphatic heterocycles. The van der Waals surface area contributed by atoms with Gasteiger partial charge in [-0.1, -0.05) is 12.1 Å². The summed E-state index contributed by atoms with van der Waals surface area (Å²) in [4.78, 5) is 29.1. The molecule has 9 heteroatoms. The number of hydrogen-bond acceptors (Lipinski definition) is 5. The fourth-order valence-corrected chi connectivity index (χ4v) is 3.46. The minimum atomic E-state index is -1.21. The Morgan fingerprint density at radius 2 is 1.97 bits per heavy atom. The maximum atomic E-state index is 14.2. The first kappa shape index (κ1) is 21.3. The fraction of sp³-hybridized carbons (Fsp3) is 0.143. The number of nitrogens with zero attached hydrogens (tertiary/aromatic N) is 2. The Morgan fingerprint density at radius 1 is 1.27 bits per heavy atom. The van der Waals surface area contributed by atoms with Crippen LogP contribution in [0.15, 0.2) is 47.1 Å². The van der Waals surface area contributed by atoms with E-state index in [1.807, 2.05) is 0 Å². The van der Waals surface area contributed by atoms with E-state index in [1.165, 1.54) is 0 Å². The number of pyridine rings is 1. The molecule has 3 rings (SSSR count). The highest BCUT2D eigenvalue weighted by Crippen LogP contribution is 2.26. The number of nitriles is 1. The molecule has 0 radical (unpaired) electrons. The van der Waals surface area contributed by atoms with Crippen LogP contribution in [0.4, 0.5) is 8.78 Å². The number of halogens is 3. The van der Waals surface area contributed by atoms with Crippen LogP contribution in [0.25, 0.3) is 10.9 Å². The van der Waals surface area contributed by atoms with Gasteiger partial charge in [-0.2, -0.15) is 5.26 Å². The van der Waals surface area contributed by atoms with Crippen LogP contribution in [0.2, 0.25) is 0 Å². The first-order valence-electron chi connectivity index (χ1n) is 8.65. The van der Waals surface area contributed by atoms with Gasteiger partial charge in [-0.25, -0.2) is 13.6 Å². The van der Waals surface area contributed by atoms with Gasteiger partial charge < -0.3 is 10.1 Å². The number of ether oxygens (including phenoxy) is 1. The van der Waals surface area contributed by atoms with Gasteiger partial charge in [0.15, 0.2) is 0 Å². The van der Waals surface area contributed by atoms with Gasteiger partial charge in [0.1, 0.15) is 23.2 Å². The van der Waals surface area contributed by atoms with Crippen molar-refractivity contribution in [2.24, 2.45) is 0 Å². The van der Waals surface area contributed by atoms with E-state index in [-0.39, 0.29) is 12.0 Å². The molecule has 2 aromatic carbocycles. The lowest BCUT2D eigenvalue weighted by atomic mass is 10.0. The Labute approximate surface area is 178 Å². The summed E-state index contributed by atoms with van der Waals surface area (Å²) >= 11 is 3.41. The topological polar surface area (TPSA) is 92.1 Å². The van der Waals surface area contributed by atoms with E-state index in [9.17, 15) is 18.4 Å². The molecule has 0 saturated heterocycles. The second kappa shape index (κ2) is 8.97. The van der Waals surface area contributed by atoms with E-state index in [2.05, 4.69) is 26.2 Å². The van der Waals surface area contributed by atoms with Crippen molar-refractivity contribution in [3.05, 3.63) is 75.4 Å². The van der Waals surface area contributed by atoms with Crippen LogP contribution in [0, 0.1) is 23.0 Å². The van der Waals surface area contributed by atoms with E-state index in [0.29, 0.717) is 11.1 Å². The molecule has 6 nitrogen and oxygen atoms in total. The summed E-state index contributed by atoms with van der Waals surface area (Å²) in [5, 5.41) is 11.8. The van der Waals surface area contributed by atoms with E-state index in [4.69, 9.17) is 10.00 Å². The van der Waals surface area contributed by atoms with E-state index in [0.717, 1.165) is 29.1 Å². The predicted octanol–water partition coefficient (Wildman–Crippen LogP) is 3.66. The van der Waals surface area contributed by atoms with Crippen molar-refractivity contribution in [1.82, 2.24) is 10.3 Å². The second-order valence-corrected chi connectivity index (χ2v) is 7.14. The van der Waals surface area contributed by atoms with Gasteiger partial charge >= 0.3 is 5.97 Å². The molecule has 0 aliphatic rings. The van der Waals surface area contributed by atoms with Crippen LogP contribution in [0.1, 0.15) is 21.5 Å². The summed E-state index contributed by atoms with van der Waals surface area (Å²) in [6.45, 7) is 0. The number of rotatable bonds is 5. The Hall–Kier alpha value is -3.38. The minimum absolute atomic E-state index is 0.00735. The van der Waals surface area contributed by atoms with Crippen molar-refractivity contribution in [1.29, 1.82) is 5.26 Å². The van der Waals surface area contributed by atoms with E-state index >= 15 is 0 Å². The molecule has 3 aromatic rings. The minimum Gasteiger partial charge on any atom is -0.467 e. The summed E-state index contributed by atoms with van der Waals surface area (Å²) in [7, 11) is 1.14. The predicted molar refractivity (Wildman–Crippen MR) is 107 cm³/mol. The van der Waals surface area contributed by atoms with Crippen LogP contribution in [-0.4, -0.2) is 30.0 Å². The molecule has 1 atom stereocenters. The molecule has 0 unspecified atom stereocenters. The number of hydrogen-bond donors (Lipinski definition) is 1. The first-order chi connectivity index (χ1) is 14.3. The van der Waals surface area contributed by atoms with Crippen LogP contribution < -0.4 is 5.32 Å². The molecule has 1 amide bonds. The van der Waals surface area contributed by atoms with Gasteiger partial charge in [0.25, 0.3) is 5.91 Å². The lowest BCUT2D eigenvalue weighted by Crippen LogP contribution is -2.43. The quantitative estimate of drug-likeness (QED) is 0.570. The summed E-state index contributed by atoms with van der Waals surface area (Å²) in [5.41, 5.74) is 0.192. The number of amides is 1. The highest BCUT2D eigenvalue weighted by atomic mass is 79.9. The third kappa shape index (κ3) is 4.28. The molecule has 1 aromatic heterocycles. The molecule has 30 heavy (non-hydrogen) atoms. The Morgan fingerprint density at radius 3 is 2.60 bits per heavy atom. The van der Waals surface area contributed by atoms with Gasteiger partial charge in [0, 0.05) is 22.5 Å². The van der Waals surface area contributed by atoms with Crippen LogP contribution in [-0.2, 0) is 16.0 Å². The first-order valence-corrected chi connectivity index (χ1v) is 9.45. The summed E-state index contributed by atoms with van der Waals surface area (Å²) in [6.07, 6.45) is 1.63. The lowest BCUT2D eigenvalue weighted by molar-refractivity contribution is -0.142. The van der Waals surface area contributed by atoms with Gasteiger partial charge in [0.05, 0.1) is 24.3 Å². The zero-order chi connectivity index (χ0) is 21.8. The zero-order valence-corrected chi connectivity index (χ0v) is 17.2. The number of nitrogens with one attached hydrogen (secondary N) is 1. The second-order valence-electron chi connectivity index (χ2n) is 6.29. The third-order valence-electron chi connectivity index (χ3n) is 4.42. The smallest absolute Gasteiger partial charge is 0.328 e. The maximum absolute atomic E-state index is 14.2. The summed E-state index contributed by atoms with van der Waals surface area (Å²) in [5.74, 6) is -4.32. The van der Waals surface area contributed by atoms with Crippen molar-refractivity contribution in [2.45, 2.75) is 12.5 Å². The van der Waals surface area contributed by atoms with Gasteiger partial charge in [-0.15, -0.1) is 0 Å². The molecule has 1 heterocycles. The van der Waals surface area contributed by atoms with Crippen LogP contribution >= 0.6 is 15.9 Å². The molecule has 0 bridgehead atoms. The largest absolute Gasteiger partial charge is 0.467 e. The van der Waals surface area contributed by atoms with Crippen molar-refractivity contribution in [2.75, 3.05) is 7.11 Å². The monoisotopic (exact) mass is 473 g/mol.